The maximum absolute atomic E-state index is 9.51. The second kappa shape index (κ2) is 8.94. The second-order valence-electron chi connectivity index (χ2n) is 5.61. The summed E-state index contributed by atoms with van der Waals surface area (Å²) < 4.78 is 12.3. The lowest BCUT2D eigenvalue weighted by Crippen LogP contribution is -2.08. The number of nitrogens with zero attached hydrogens (tertiary/aromatic N) is 1. The minimum absolute atomic E-state index is 0.0284. The highest BCUT2D eigenvalue weighted by atomic mass is 79.9. The Bertz CT molecular complexity index is 808. The Balaban J connectivity index is 2.47. The largest absolute Gasteiger partial charge is 0.490 e. The van der Waals surface area contributed by atoms with Crippen LogP contribution in [-0.4, -0.2) is 12.7 Å². The van der Waals surface area contributed by atoms with Gasteiger partial charge in [-0.25, -0.2) is 0 Å². The molecule has 2 aromatic rings. The second-order valence-corrected chi connectivity index (χ2v) is 6.90. The summed E-state index contributed by atoms with van der Waals surface area (Å²) in [5.74, 6) is 1.31. The van der Waals surface area contributed by atoms with Gasteiger partial charge in [-0.2, -0.15) is 5.26 Å². The van der Waals surface area contributed by atoms with E-state index in [1.54, 1.807) is 12.1 Å². The van der Waals surface area contributed by atoms with E-state index in [0.717, 1.165) is 15.6 Å². The van der Waals surface area contributed by atoms with E-state index < -0.39 is 0 Å². The Hall–Kier alpha value is -1.96. The lowest BCUT2D eigenvalue weighted by atomic mass is 10.0. The van der Waals surface area contributed by atoms with Crippen molar-refractivity contribution in [3.8, 4) is 17.6 Å². The third kappa shape index (κ3) is 5.26. The van der Waals surface area contributed by atoms with E-state index >= 15 is 0 Å². The molecular weight excluding hydrogens is 402 g/mol. The van der Waals surface area contributed by atoms with Gasteiger partial charge in [-0.15, -0.1) is 0 Å². The average molecular weight is 421 g/mol. The number of allylic oxidation sites excluding steroid dienone is 1. The first kappa shape index (κ1) is 19.4. The molecule has 0 saturated carbocycles. The summed E-state index contributed by atoms with van der Waals surface area (Å²) in [5, 5.41) is 10.1. The molecular formula is C20H19BrClNO2. The summed E-state index contributed by atoms with van der Waals surface area (Å²) in [6.07, 6.45) is 1.84. The van der Waals surface area contributed by atoms with Crippen LogP contribution in [0.15, 0.2) is 40.9 Å². The van der Waals surface area contributed by atoms with Crippen molar-refractivity contribution in [3.05, 3.63) is 57.0 Å². The van der Waals surface area contributed by atoms with Crippen LogP contribution in [0.5, 0.6) is 11.5 Å². The molecule has 0 fully saturated rings. The van der Waals surface area contributed by atoms with Gasteiger partial charge in [0.2, 0.25) is 0 Å². The highest BCUT2D eigenvalue weighted by molar-refractivity contribution is 9.10. The van der Waals surface area contributed by atoms with Gasteiger partial charge >= 0.3 is 0 Å². The van der Waals surface area contributed by atoms with Crippen LogP contribution in [-0.2, 0) is 0 Å². The van der Waals surface area contributed by atoms with Gasteiger partial charge < -0.3 is 9.47 Å². The van der Waals surface area contributed by atoms with Crippen molar-refractivity contribution in [2.45, 2.75) is 26.9 Å². The number of hydrogen-bond donors (Lipinski definition) is 0. The molecule has 0 aromatic heterocycles. The number of nitriles is 1. The van der Waals surface area contributed by atoms with Gasteiger partial charge in [0.25, 0.3) is 0 Å². The van der Waals surface area contributed by atoms with Crippen LogP contribution >= 0.6 is 27.5 Å². The Labute approximate surface area is 162 Å². The van der Waals surface area contributed by atoms with E-state index in [1.807, 2.05) is 51.1 Å². The number of halogens is 2. The lowest BCUT2D eigenvalue weighted by molar-refractivity contribution is 0.222. The quantitative estimate of drug-likeness (QED) is 0.404. The molecule has 0 spiro atoms. The zero-order chi connectivity index (χ0) is 18.4. The van der Waals surface area contributed by atoms with E-state index in [2.05, 4.69) is 22.0 Å². The first-order chi connectivity index (χ1) is 11.9. The molecule has 5 heteroatoms. The van der Waals surface area contributed by atoms with Crippen molar-refractivity contribution in [1.82, 2.24) is 0 Å². The van der Waals surface area contributed by atoms with Gasteiger partial charge in [0, 0.05) is 5.02 Å². The molecule has 3 nitrogen and oxygen atoms in total. The topological polar surface area (TPSA) is 42.2 Å². The summed E-state index contributed by atoms with van der Waals surface area (Å²) >= 11 is 9.46. The van der Waals surface area contributed by atoms with E-state index in [-0.39, 0.29) is 6.10 Å². The van der Waals surface area contributed by atoms with Crippen LogP contribution in [0.25, 0.3) is 11.6 Å². The molecule has 0 bridgehead atoms. The maximum Gasteiger partial charge on any atom is 0.175 e. The van der Waals surface area contributed by atoms with Crippen LogP contribution in [0, 0.1) is 11.3 Å². The molecule has 0 unspecified atom stereocenters. The van der Waals surface area contributed by atoms with Gasteiger partial charge in [-0.3, -0.25) is 0 Å². The van der Waals surface area contributed by atoms with E-state index in [0.29, 0.717) is 28.7 Å². The van der Waals surface area contributed by atoms with Crippen molar-refractivity contribution in [2.75, 3.05) is 6.61 Å². The maximum atomic E-state index is 9.51. The molecule has 0 atom stereocenters. The first-order valence-corrected chi connectivity index (χ1v) is 9.12. The Morgan fingerprint density at radius 3 is 2.52 bits per heavy atom. The molecule has 0 saturated heterocycles. The van der Waals surface area contributed by atoms with E-state index in [9.17, 15) is 5.26 Å². The zero-order valence-electron chi connectivity index (χ0n) is 14.3. The SMILES string of the molecule is CCOc1cc(/C=C(\C#N)c2ccc(Cl)cc2)cc(Br)c1OC(C)C. The van der Waals surface area contributed by atoms with Crippen LogP contribution < -0.4 is 9.47 Å². The highest BCUT2D eigenvalue weighted by Gasteiger charge is 2.13. The zero-order valence-corrected chi connectivity index (χ0v) is 16.7. The minimum atomic E-state index is 0.0284. The summed E-state index contributed by atoms with van der Waals surface area (Å²) in [4.78, 5) is 0. The van der Waals surface area contributed by atoms with Crippen LogP contribution in [0.2, 0.25) is 5.02 Å². The van der Waals surface area contributed by atoms with Crippen molar-refractivity contribution in [3.63, 3.8) is 0 Å². The van der Waals surface area contributed by atoms with Crippen LogP contribution in [0.4, 0.5) is 0 Å². The van der Waals surface area contributed by atoms with Crippen molar-refractivity contribution in [2.24, 2.45) is 0 Å². The number of benzene rings is 2. The smallest absolute Gasteiger partial charge is 0.175 e. The van der Waals surface area contributed by atoms with Crippen molar-refractivity contribution in [1.29, 1.82) is 5.26 Å². The summed E-state index contributed by atoms with van der Waals surface area (Å²) in [7, 11) is 0. The van der Waals surface area contributed by atoms with Crippen LogP contribution in [0.3, 0.4) is 0 Å². The highest BCUT2D eigenvalue weighted by Crippen LogP contribution is 2.38. The molecule has 0 aliphatic heterocycles. The molecule has 0 radical (unpaired) electrons. The molecule has 0 aliphatic carbocycles. The molecule has 0 heterocycles. The fourth-order valence-corrected chi connectivity index (χ4v) is 2.94. The molecule has 0 aliphatic rings. The standard InChI is InChI=1S/C20H19BrClNO2/c1-4-24-19-11-14(10-18(21)20(19)25-13(2)3)9-16(12-23)15-5-7-17(22)8-6-15/h5-11,13H,4H2,1-3H3/b16-9+. The van der Waals surface area contributed by atoms with Gasteiger partial charge in [-0.05, 0) is 78.2 Å². The number of hydrogen-bond acceptors (Lipinski definition) is 3. The average Bonchev–Trinajstić information content (AvgIpc) is 2.57. The number of rotatable bonds is 6. The van der Waals surface area contributed by atoms with Gasteiger partial charge in [0.05, 0.1) is 28.8 Å². The molecule has 25 heavy (non-hydrogen) atoms. The predicted octanol–water partition coefficient (Wildman–Crippen LogP) is 6.35. The Kier molecular flexibility index (Phi) is 6.92. The Morgan fingerprint density at radius 1 is 1.28 bits per heavy atom. The third-order valence-electron chi connectivity index (χ3n) is 3.27. The van der Waals surface area contributed by atoms with Crippen LogP contribution in [0.1, 0.15) is 31.9 Å². The molecule has 130 valence electrons. The first-order valence-electron chi connectivity index (χ1n) is 7.95. The predicted molar refractivity (Wildman–Crippen MR) is 106 cm³/mol. The summed E-state index contributed by atoms with van der Waals surface area (Å²) in [5.41, 5.74) is 2.20. The van der Waals surface area contributed by atoms with Gasteiger partial charge in [0.1, 0.15) is 0 Å². The molecule has 2 rings (SSSR count). The molecule has 2 aromatic carbocycles. The van der Waals surface area contributed by atoms with Crippen molar-refractivity contribution >= 4 is 39.2 Å². The fraction of sp³-hybridized carbons (Fsp3) is 0.250. The van der Waals surface area contributed by atoms with E-state index in [1.165, 1.54) is 0 Å². The monoisotopic (exact) mass is 419 g/mol. The van der Waals surface area contributed by atoms with E-state index in [4.69, 9.17) is 21.1 Å². The normalized spacial score (nSPS) is 11.3. The summed E-state index contributed by atoms with van der Waals surface area (Å²) in [6, 6.07) is 13.2. The Morgan fingerprint density at radius 2 is 1.96 bits per heavy atom. The van der Waals surface area contributed by atoms with Gasteiger partial charge in [0.15, 0.2) is 11.5 Å². The molecule has 0 N–H and O–H groups in total. The molecule has 0 amide bonds. The minimum Gasteiger partial charge on any atom is -0.490 e. The number of ether oxygens (including phenoxy) is 2. The van der Waals surface area contributed by atoms with Gasteiger partial charge in [-0.1, -0.05) is 23.7 Å². The third-order valence-corrected chi connectivity index (χ3v) is 4.11. The lowest BCUT2D eigenvalue weighted by Gasteiger charge is -2.17. The van der Waals surface area contributed by atoms with Crippen molar-refractivity contribution < 1.29 is 9.47 Å². The fourth-order valence-electron chi connectivity index (χ4n) is 2.26. The summed E-state index contributed by atoms with van der Waals surface area (Å²) in [6.45, 7) is 6.37.